The summed E-state index contributed by atoms with van der Waals surface area (Å²) in [6.07, 6.45) is 6.31. The van der Waals surface area contributed by atoms with Gasteiger partial charge in [-0.1, -0.05) is 58.2 Å². The van der Waals surface area contributed by atoms with Crippen LogP contribution in [0.4, 0.5) is 14.5 Å². The summed E-state index contributed by atoms with van der Waals surface area (Å²) in [5, 5.41) is 3.48. The lowest BCUT2D eigenvalue weighted by atomic mass is 9.65. The lowest BCUT2D eigenvalue weighted by Gasteiger charge is -2.44. The molecule has 3 aliphatic rings. The average molecular weight is 453 g/mol. The van der Waals surface area contributed by atoms with Crippen LogP contribution < -0.4 is 10.2 Å². The third-order valence-corrected chi connectivity index (χ3v) is 8.28. The van der Waals surface area contributed by atoms with Crippen LogP contribution in [0.25, 0.3) is 0 Å². The Labute approximate surface area is 195 Å². The number of rotatable bonds is 3. The van der Waals surface area contributed by atoms with E-state index in [1.165, 1.54) is 48.6 Å². The fourth-order valence-corrected chi connectivity index (χ4v) is 6.13. The number of nitrogens with one attached hydrogen (secondary N) is 1. The van der Waals surface area contributed by atoms with Gasteiger partial charge in [0.05, 0.1) is 0 Å². The Morgan fingerprint density at radius 2 is 1.76 bits per heavy atom. The van der Waals surface area contributed by atoms with E-state index in [1.807, 2.05) is 6.07 Å². The SMILES string of the molecule is CC(C)(C)c1ccc2c(c1)C1(CCNCC1)[C@@H](CC1CCC1)N2C(=O)c1c(F)cccc1F. The van der Waals surface area contributed by atoms with Crippen LogP contribution in [0.5, 0.6) is 0 Å². The summed E-state index contributed by atoms with van der Waals surface area (Å²) in [7, 11) is 0. The molecule has 1 saturated carbocycles. The van der Waals surface area contributed by atoms with Gasteiger partial charge >= 0.3 is 0 Å². The van der Waals surface area contributed by atoms with E-state index in [0.717, 1.165) is 38.0 Å². The molecule has 3 nitrogen and oxygen atoms in total. The standard InChI is InChI=1S/C28H34F2N2O/c1-27(2,3)19-10-11-23-20(17-19)28(12-14-31-15-13-28)24(16-18-6-4-7-18)32(23)26(33)25-21(29)8-5-9-22(25)30/h5,8-11,17-18,24,31H,4,6-7,12-16H2,1-3H3/t24-/m1/s1. The zero-order chi connectivity index (χ0) is 23.4. The molecule has 2 aromatic rings. The van der Waals surface area contributed by atoms with Crippen molar-refractivity contribution in [3.05, 3.63) is 64.7 Å². The van der Waals surface area contributed by atoms with Crippen molar-refractivity contribution in [1.82, 2.24) is 5.32 Å². The molecule has 2 aromatic carbocycles. The summed E-state index contributed by atoms with van der Waals surface area (Å²) in [6.45, 7) is 8.36. The van der Waals surface area contributed by atoms with Crippen LogP contribution in [-0.4, -0.2) is 25.0 Å². The van der Waals surface area contributed by atoms with Gasteiger partial charge in [-0.25, -0.2) is 8.78 Å². The zero-order valence-electron chi connectivity index (χ0n) is 19.9. The monoisotopic (exact) mass is 452 g/mol. The molecule has 0 bridgehead atoms. The second kappa shape index (κ2) is 8.19. The highest BCUT2D eigenvalue weighted by molar-refractivity contribution is 6.08. The third kappa shape index (κ3) is 3.69. The molecule has 2 heterocycles. The maximum atomic E-state index is 14.8. The summed E-state index contributed by atoms with van der Waals surface area (Å²) in [5.74, 6) is -1.56. The average Bonchev–Trinajstić information content (AvgIpc) is 2.99. The summed E-state index contributed by atoms with van der Waals surface area (Å²) < 4.78 is 29.5. The number of hydrogen-bond donors (Lipinski definition) is 1. The molecule has 1 amide bonds. The van der Waals surface area contributed by atoms with Crippen molar-refractivity contribution in [1.29, 1.82) is 0 Å². The Morgan fingerprint density at radius 1 is 1.09 bits per heavy atom. The van der Waals surface area contributed by atoms with Gasteiger partial charge in [0, 0.05) is 17.1 Å². The first-order valence-corrected chi connectivity index (χ1v) is 12.4. The molecule has 0 unspecified atom stereocenters. The molecule has 1 spiro atoms. The molecule has 5 rings (SSSR count). The topological polar surface area (TPSA) is 32.3 Å². The first kappa shape index (κ1) is 22.5. The molecule has 0 radical (unpaired) electrons. The number of piperidine rings is 1. The molecule has 2 aliphatic heterocycles. The van der Waals surface area contributed by atoms with Crippen LogP contribution in [0.15, 0.2) is 36.4 Å². The number of carbonyl (C=O) groups excluding carboxylic acids is 1. The molecule has 176 valence electrons. The molecular formula is C28H34F2N2O. The molecule has 0 aromatic heterocycles. The van der Waals surface area contributed by atoms with E-state index < -0.39 is 23.1 Å². The zero-order valence-corrected chi connectivity index (χ0v) is 19.9. The summed E-state index contributed by atoms with van der Waals surface area (Å²) >= 11 is 0. The predicted molar refractivity (Wildman–Crippen MR) is 128 cm³/mol. The second-order valence-electron chi connectivity index (χ2n) is 11.2. The normalized spacial score (nSPS) is 22.3. The number of halogens is 2. The molecule has 2 fully saturated rings. The minimum absolute atomic E-state index is 0.0261. The van der Waals surface area contributed by atoms with Gasteiger partial charge in [-0.3, -0.25) is 4.79 Å². The Hall–Kier alpha value is -2.27. The van der Waals surface area contributed by atoms with E-state index >= 15 is 0 Å². The van der Waals surface area contributed by atoms with Gasteiger partial charge in [0.15, 0.2) is 0 Å². The molecule has 5 heteroatoms. The van der Waals surface area contributed by atoms with Crippen molar-refractivity contribution in [2.24, 2.45) is 5.92 Å². The van der Waals surface area contributed by atoms with Crippen LogP contribution in [0.1, 0.15) is 80.8 Å². The minimum atomic E-state index is -0.790. The first-order valence-electron chi connectivity index (χ1n) is 12.4. The van der Waals surface area contributed by atoms with Crippen LogP contribution in [-0.2, 0) is 10.8 Å². The number of benzene rings is 2. The van der Waals surface area contributed by atoms with E-state index in [4.69, 9.17) is 0 Å². The van der Waals surface area contributed by atoms with Gasteiger partial charge in [-0.2, -0.15) is 0 Å². The van der Waals surface area contributed by atoms with E-state index in [0.29, 0.717) is 5.92 Å². The maximum Gasteiger partial charge on any atom is 0.264 e. The van der Waals surface area contributed by atoms with Gasteiger partial charge in [-0.05, 0) is 73.0 Å². The maximum absolute atomic E-state index is 14.8. The number of anilines is 1. The van der Waals surface area contributed by atoms with Crippen molar-refractivity contribution >= 4 is 11.6 Å². The van der Waals surface area contributed by atoms with Gasteiger partial charge < -0.3 is 10.2 Å². The van der Waals surface area contributed by atoms with Crippen LogP contribution in [0, 0.1) is 17.6 Å². The summed E-state index contributed by atoms with van der Waals surface area (Å²) in [6, 6.07) is 9.97. The highest BCUT2D eigenvalue weighted by atomic mass is 19.1. The van der Waals surface area contributed by atoms with Gasteiger partial charge in [0.2, 0.25) is 0 Å². The Bertz CT molecular complexity index is 1040. The number of fused-ring (bicyclic) bond motifs is 2. The number of nitrogens with zero attached hydrogens (tertiary/aromatic N) is 1. The van der Waals surface area contributed by atoms with Gasteiger partial charge in [-0.15, -0.1) is 0 Å². The molecular weight excluding hydrogens is 418 g/mol. The fraction of sp³-hybridized carbons (Fsp3) is 0.536. The highest BCUT2D eigenvalue weighted by Gasteiger charge is 2.54. The van der Waals surface area contributed by atoms with Crippen LogP contribution >= 0.6 is 0 Å². The Morgan fingerprint density at radius 3 is 2.33 bits per heavy atom. The lowest BCUT2D eigenvalue weighted by Crippen LogP contribution is -2.53. The van der Waals surface area contributed by atoms with Crippen LogP contribution in [0.2, 0.25) is 0 Å². The van der Waals surface area contributed by atoms with Crippen molar-refractivity contribution < 1.29 is 13.6 Å². The lowest BCUT2D eigenvalue weighted by molar-refractivity contribution is 0.0941. The number of hydrogen-bond acceptors (Lipinski definition) is 2. The predicted octanol–water partition coefficient (Wildman–Crippen LogP) is 6.10. The van der Waals surface area contributed by atoms with E-state index in [9.17, 15) is 13.6 Å². The second-order valence-corrected chi connectivity index (χ2v) is 11.2. The van der Waals surface area contributed by atoms with Crippen molar-refractivity contribution in [2.45, 2.75) is 76.2 Å². The van der Waals surface area contributed by atoms with Crippen molar-refractivity contribution in [3.8, 4) is 0 Å². The molecule has 1 aliphatic carbocycles. The number of amides is 1. The Kier molecular flexibility index (Phi) is 5.59. The van der Waals surface area contributed by atoms with Crippen molar-refractivity contribution in [3.63, 3.8) is 0 Å². The fourth-order valence-electron chi connectivity index (χ4n) is 6.13. The summed E-state index contributed by atoms with van der Waals surface area (Å²) in [4.78, 5) is 15.7. The van der Waals surface area contributed by atoms with Crippen LogP contribution in [0.3, 0.4) is 0 Å². The first-order chi connectivity index (χ1) is 15.7. The van der Waals surface area contributed by atoms with Gasteiger partial charge in [0.25, 0.3) is 5.91 Å². The smallest absolute Gasteiger partial charge is 0.264 e. The van der Waals surface area contributed by atoms with E-state index in [1.54, 1.807) is 4.90 Å². The number of carbonyl (C=O) groups is 1. The molecule has 1 atom stereocenters. The van der Waals surface area contributed by atoms with E-state index in [-0.39, 0.29) is 16.9 Å². The van der Waals surface area contributed by atoms with E-state index in [2.05, 4.69) is 38.2 Å². The largest absolute Gasteiger partial charge is 0.317 e. The highest BCUT2D eigenvalue weighted by Crippen LogP contribution is 2.54. The minimum Gasteiger partial charge on any atom is -0.317 e. The Balaban J connectivity index is 1.69. The third-order valence-electron chi connectivity index (χ3n) is 8.28. The molecule has 1 saturated heterocycles. The quantitative estimate of drug-likeness (QED) is 0.610. The molecule has 1 N–H and O–H groups in total. The van der Waals surface area contributed by atoms with Crippen molar-refractivity contribution in [2.75, 3.05) is 18.0 Å². The molecule has 33 heavy (non-hydrogen) atoms. The van der Waals surface area contributed by atoms with Gasteiger partial charge in [0.1, 0.15) is 17.2 Å². The summed E-state index contributed by atoms with van der Waals surface area (Å²) in [5.41, 5.74) is 2.60.